The fourth-order valence-electron chi connectivity index (χ4n) is 3.30. The lowest BCUT2D eigenvalue weighted by Crippen LogP contribution is -2.26. The van der Waals surface area contributed by atoms with Crippen molar-refractivity contribution in [2.75, 3.05) is 11.9 Å². The Balaban J connectivity index is 1.72. The van der Waals surface area contributed by atoms with Gasteiger partial charge < -0.3 is 10.1 Å². The third-order valence-corrected chi connectivity index (χ3v) is 5.07. The van der Waals surface area contributed by atoms with E-state index in [4.69, 9.17) is 16.3 Å². The van der Waals surface area contributed by atoms with Crippen molar-refractivity contribution in [2.24, 2.45) is 5.92 Å². The maximum atomic E-state index is 6.45. The zero-order valence-corrected chi connectivity index (χ0v) is 13.7. The van der Waals surface area contributed by atoms with Crippen molar-refractivity contribution >= 4 is 23.0 Å². The van der Waals surface area contributed by atoms with Gasteiger partial charge >= 0.3 is 0 Å². The van der Waals surface area contributed by atoms with Crippen LogP contribution >= 0.6 is 11.6 Å². The highest BCUT2D eigenvalue weighted by atomic mass is 35.5. The van der Waals surface area contributed by atoms with Crippen molar-refractivity contribution in [3.8, 4) is 5.75 Å². The molecule has 0 spiro atoms. The molecule has 1 aliphatic carbocycles. The predicted octanol–water partition coefficient (Wildman–Crippen LogP) is 5.51. The van der Waals surface area contributed by atoms with Crippen LogP contribution in [-0.4, -0.2) is 6.61 Å². The van der Waals surface area contributed by atoms with Crippen molar-refractivity contribution in [2.45, 2.75) is 32.1 Å². The third-order valence-electron chi connectivity index (χ3n) is 4.75. The molecule has 1 saturated carbocycles. The van der Waals surface area contributed by atoms with E-state index in [0.29, 0.717) is 0 Å². The quantitative estimate of drug-likeness (QED) is 0.806. The molecule has 2 aromatic carbocycles. The Morgan fingerprint density at radius 2 is 2.00 bits per heavy atom. The molecule has 2 aliphatic rings. The van der Waals surface area contributed by atoms with Crippen LogP contribution in [0.4, 0.5) is 11.4 Å². The molecule has 0 atom stereocenters. The minimum Gasteiger partial charge on any atom is -0.493 e. The zero-order valence-electron chi connectivity index (χ0n) is 12.9. The van der Waals surface area contributed by atoms with Crippen LogP contribution in [0.3, 0.4) is 0 Å². The highest BCUT2D eigenvalue weighted by molar-refractivity contribution is 6.32. The van der Waals surface area contributed by atoms with Crippen LogP contribution in [0.25, 0.3) is 0 Å². The average Bonchev–Trinajstić information content (AvgIpc) is 3.28. The van der Waals surface area contributed by atoms with Gasteiger partial charge in [0.1, 0.15) is 5.75 Å². The number of fused-ring (bicyclic) bond motifs is 2. The maximum Gasteiger partial charge on any atom is 0.121 e. The number of nitrogens with one attached hydrogen (secondary N) is 1. The summed E-state index contributed by atoms with van der Waals surface area (Å²) >= 11 is 6.45. The van der Waals surface area contributed by atoms with Gasteiger partial charge in [-0.1, -0.05) is 37.6 Å². The highest BCUT2D eigenvalue weighted by Crippen LogP contribution is 2.48. The summed E-state index contributed by atoms with van der Waals surface area (Å²) in [6.07, 6.45) is 2.62. The molecule has 1 fully saturated rings. The summed E-state index contributed by atoms with van der Waals surface area (Å²) in [5.74, 6) is 1.71. The van der Waals surface area contributed by atoms with Gasteiger partial charge in [-0.05, 0) is 42.5 Å². The molecule has 2 aromatic rings. The van der Waals surface area contributed by atoms with E-state index in [1.54, 1.807) is 0 Å². The van der Waals surface area contributed by atoms with Gasteiger partial charge in [0.15, 0.2) is 0 Å². The fraction of sp³-hybridized carbons (Fsp3) is 0.368. The molecule has 0 bridgehead atoms. The molecular weight excluding hydrogens is 294 g/mol. The predicted molar refractivity (Wildman–Crippen MR) is 91.5 cm³/mol. The van der Waals surface area contributed by atoms with Crippen molar-refractivity contribution in [1.29, 1.82) is 0 Å². The lowest BCUT2D eigenvalue weighted by Gasteiger charge is -2.36. The van der Waals surface area contributed by atoms with Gasteiger partial charge in [-0.25, -0.2) is 0 Å². The lowest BCUT2D eigenvalue weighted by atomic mass is 9.74. The summed E-state index contributed by atoms with van der Waals surface area (Å²) in [6, 6.07) is 12.4. The molecule has 114 valence electrons. The monoisotopic (exact) mass is 313 g/mol. The van der Waals surface area contributed by atoms with Gasteiger partial charge in [0.25, 0.3) is 0 Å². The second kappa shape index (κ2) is 4.92. The third kappa shape index (κ3) is 2.26. The molecule has 3 heteroatoms. The molecule has 2 nitrogen and oxygen atoms in total. The van der Waals surface area contributed by atoms with Crippen molar-refractivity contribution in [1.82, 2.24) is 0 Å². The molecule has 1 heterocycles. The molecule has 1 N–H and O–H groups in total. The molecule has 0 saturated heterocycles. The smallest absolute Gasteiger partial charge is 0.121 e. The van der Waals surface area contributed by atoms with Crippen LogP contribution in [0.1, 0.15) is 37.8 Å². The first kappa shape index (κ1) is 14.0. The van der Waals surface area contributed by atoms with Gasteiger partial charge in [-0.15, -0.1) is 0 Å². The number of benzene rings is 2. The van der Waals surface area contributed by atoms with Crippen molar-refractivity contribution in [3.05, 3.63) is 52.5 Å². The molecule has 0 radical (unpaired) electrons. The van der Waals surface area contributed by atoms with Crippen LogP contribution < -0.4 is 10.1 Å². The molecule has 0 aromatic heterocycles. The molecular formula is C19H20ClNO. The van der Waals surface area contributed by atoms with Crippen LogP contribution in [0.5, 0.6) is 5.75 Å². The summed E-state index contributed by atoms with van der Waals surface area (Å²) in [4.78, 5) is 0. The topological polar surface area (TPSA) is 21.3 Å². The molecule has 4 rings (SSSR count). The van der Waals surface area contributed by atoms with E-state index in [1.165, 1.54) is 18.4 Å². The van der Waals surface area contributed by atoms with Gasteiger partial charge in [0.05, 0.1) is 6.61 Å². The van der Waals surface area contributed by atoms with Crippen molar-refractivity contribution < 1.29 is 4.74 Å². The van der Waals surface area contributed by atoms with Gasteiger partial charge in [-0.3, -0.25) is 0 Å². The van der Waals surface area contributed by atoms with Gasteiger partial charge in [0, 0.05) is 33.4 Å². The first-order valence-electron chi connectivity index (χ1n) is 7.89. The number of hydrogen-bond donors (Lipinski definition) is 1. The normalized spacial score (nSPS) is 18.1. The van der Waals surface area contributed by atoms with Gasteiger partial charge in [0.2, 0.25) is 0 Å². The summed E-state index contributed by atoms with van der Waals surface area (Å²) in [7, 11) is 0. The highest BCUT2D eigenvalue weighted by Gasteiger charge is 2.34. The van der Waals surface area contributed by atoms with Gasteiger partial charge in [-0.2, -0.15) is 0 Å². The second-order valence-corrected chi connectivity index (χ2v) is 7.28. The Kier molecular flexibility index (Phi) is 3.12. The summed E-state index contributed by atoms with van der Waals surface area (Å²) in [5.41, 5.74) is 4.50. The van der Waals surface area contributed by atoms with E-state index in [1.807, 2.05) is 12.1 Å². The second-order valence-electron chi connectivity index (χ2n) is 6.87. The Labute approximate surface area is 136 Å². The van der Waals surface area contributed by atoms with Crippen LogP contribution in [0, 0.1) is 5.92 Å². The van der Waals surface area contributed by atoms with E-state index in [-0.39, 0.29) is 5.41 Å². The number of ether oxygens (including phenoxy) is 1. The molecule has 22 heavy (non-hydrogen) atoms. The summed E-state index contributed by atoms with van der Waals surface area (Å²) in [6.45, 7) is 5.29. The average molecular weight is 314 g/mol. The minimum atomic E-state index is -0.122. The number of hydrogen-bond acceptors (Lipinski definition) is 2. The fourth-order valence-corrected chi connectivity index (χ4v) is 3.71. The maximum absolute atomic E-state index is 6.45. The minimum absolute atomic E-state index is 0.122. The van der Waals surface area contributed by atoms with Crippen LogP contribution in [-0.2, 0) is 5.41 Å². The lowest BCUT2D eigenvalue weighted by molar-refractivity contribution is 0.300. The Morgan fingerprint density at radius 1 is 1.18 bits per heavy atom. The number of halogens is 1. The number of rotatable bonds is 3. The van der Waals surface area contributed by atoms with Crippen molar-refractivity contribution in [3.63, 3.8) is 0 Å². The van der Waals surface area contributed by atoms with Crippen LogP contribution in [0.2, 0.25) is 5.02 Å². The zero-order chi connectivity index (χ0) is 15.3. The Hall–Kier alpha value is -1.67. The van der Waals surface area contributed by atoms with E-state index in [0.717, 1.165) is 40.2 Å². The first-order valence-corrected chi connectivity index (χ1v) is 8.27. The largest absolute Gasteiger partial charge is 0.493 e. The summed E-state index contributed by atoms with van der Waals surface area (Å²) in [5, 5.41) is 4.33. The number of anilines is 2. The molecule has 0 amide bonds. The summed E-state index contributed by atoms with van der Waals surface area (Å²) < 4.78 is 5.91. The standard InChI is InChI=1S/C19H20ClNO/c1-19(2)14-9-8-13(22-11-12-6-7-12)10-17(14)21-16-5-3-4-15(20)18(16)19/h3-5,8-10,12,21H,6-7,11H2,1-2H3. The first-order chi connectivity index (χ1) is 10.6. The molecule has 0 unspecified atom stereocenters. The van der Waals surface area contributed by atoms with Crippen LogP contribution in [0.15, 0.2) is 36.4 Å². The van der Waals surface area contributed by atoms with E-state index in [2.05, 4.69) is 43.4 Å². The van der Waals surface area contributed by atoms with E-state index < -0.39 is 0 Å². The molecule has 1 aliphatic heterocycles. The Morgan fingerprint density at radius 3 is 2.77 bits per heavy atom. The SMILES string of the molecule is CC1(C)c2ccc(OCC3CC3)cc2Nc2cccc(Cl)c21. The van der Waals surface area contributed by atoms with E-state index in [9.17, 15) is 0 Å². The van der Waals surface area contributed by atoms with E-state index >= 15 is 0 Å². The Bertz CT molecular complexity index is 734.